The number of fused-ring (bicyclic) bond motifs is 7. The van der Waals surface area contributed by atoms with Gasteiger partial charge in [0.15, 0.2) is 31.3 Å². The van der Waals surface area contributed by atoms with Crippen LogP contribution in [0.15, 0.2) is 23.3 Å². The molecule has 4 saturated heterocycles. The first kappa shape index (κ1) is 63.8. The van der Waals surface area contributed by atoms with Gasteiger partial charge in [0.05, 0.1) is 49.5 Å². The molecule has 0 aromatic rings. The van der Waals surface area contributed by atoms with Crippen molar-refractivity contribution < 1.29 is 123 Å². The van der Waals surface area contributed by atoms with Crippen LogP contribution in [-0.4, -0.2) is 240 Å². The monoisotopic (exact) mass is 1170 g/mol. The Balaban J connectivity index is 1.04. The SMILES string of the molecule is CC=C(C)C(=O)O[C@H]1CC(C)(C)CC2C3=CCC4[C@@]5(C)CC[C@H](O[C@@H]6O[C@H](C(=O)O)[C@@H](O)[C@H](O[C@@H]7OC[C@H](O)[C@H](O)[C@H]7O[C@@H]7OC[C@@H](O)[C@H](O)[C@H]7O)[C@H]6O[C@H]6O[C@H](CO)[C@H](O)[C@H](O)[C@H]6O)[C@@](C)(C=O)C5CC[C@@]4(C)[C@]3(C)C[C@@H](O)[C@]21CO. The van der Waals surface area contributed by atoms with Crippen molar-refractivity contribution in [1.82, 2.24) is 0 Å². The molecule has 9 aliphatic rings. The number of aliphatic carboxylic acids is 1. The molecule has 4 heterocycles. The van der Waals surface area contributed by atoms with Gasteiger partial charge in [-0.1, -0.05) is 59.3 Å². The first-order valence-electron chi connectivity index (χ1n) is 28.8. The number of ether oxygens (including phenoxy) is 9. The van der Waals surface area contributed by atoms with Crippen LogP contribution in [0.2, 0.25) is 0 Å². The summed E-state index contributed by atoms with van der Waals surface area (Å²) in [6.45, 7) is 13.5. The summed E-state index contributed by atoms with van der Waals surface area (Å²) in [5.74, 6) is -3.08. The van der Waals surface area contributed by atoms with Crippen molar-refractivity contribution >= 4 is 18.2 Å². The summed E-state index contributed by atoms with van der Waals surface area (Å²) in [5, 5.41) is 143. The maximum atomic E-state index is 14.1. The van der Waals surface area contributed by atoms with Gasteiger partial charge >= 0.3 is 11.9 Å². The summed E-state index contributed by atoms with van der Waals surface area (Å²) in [5.41, 5.74) is -3.05. The fourth-order valence-electron chi connectivity index (χ4n) is 16.7. The number of carbonyl (C=O) groups is 3. The Hall–Kier alpha value is -2.71. The standard InChI is InChI=1S/C57H88O25/c1-9-24(2)47(73)77-34-18-52(3,4)16-26-25-10-11-31-53(5)14-13-33(54(6,22-59)30(53)12-15-55(31,7)56(25,8)17-32(63)57(26,34)23-60)78-51-45(82-49-40(69)38(67)37(66)29(19-58)76-49)42(41(70)43(80-51)46(71)72)79-50-44(36(65)28(62)21-75-50)81-48-39(68)35(64)27(61)20-74-48/h9-10,22,26-45,48-51,58,60-70H,11-21,23H2,1-8H3,(H,71,72)/t26?,27-,28+,29-,30?,31?,32-,33+,34+,35+,36+,37+,38+,39-,40-,41+,42+,43+,44-,45-,48+,49-,50+,51-,53+,54+,55-,56-,57+/m1/s1. The maximum absolute atomic E-state index is 14.1. The zero-order valence-electron chi connectivity index (χ0n) is 47.8. The van der Waals surface area contributed by atoms with E-state index in [9.17, 15) is 80.8 Å². The van der Waals surface area contributed by atoms with Gasteiger partial charge in [0.1, 0.15) is 91.7 Å². The number of hydrogen-bond donors (Lipinski definition) is 13. The maximum Gasteiger partial charge on any atom is 0.335 e. The summed E-state index contributed by atoms with van der Waals surface area (Å²) < 4.78 is 54.4. The number of carboxylic acid groups (broad SMARTS) is 1. The minimum absolute atomic E-state index is 0.0883. The quantitative estimate of drug-likeness (QED) is 0.0308. The summed E-state index contributed by atoms with van der Waals surface area (Å²) in [4.78, 5) is 40.7. The number of carboxylic acids is 1. The van der Waals surface area contributed by atoms with Crippen LogP contribution < -0.4 is 0 Å². The van der Waals surface area contributed by atoms with Gasteiger partial charge in [-0.05, 0) is 105 Å². The molecule has 0 aromatic heterocycles. The highest BCUT2D eigenvalue weighted by molar-refractivity contribution is 5.87. The van der Waals surface area contributed by atoms with E-state index in [4.69, 9.17) is 42.6 Å². The van der Waals surface area contributed by atoms with Crippen LogP contribution >= 0.6 is 0 Å². The molecule has 82 heavy (non-hydrogen) atoms. The molecule has 25 heteroatoms. The minimum atomic E-state index is -2.26. The molecule has 25 nitrogen and oxygen atoms in total. The molecule has 4 aliphatic heterocycles. The highest BCUT2D eigenvalue weighted by atomic mass is 16.8. The number of aliphatic hydroxyl groups excluding tert-OH is 12. The number of esters is 1. The van der Waals surface area contributed by atoms with Crippen molar-refractivity contribution in [1.29, 1.82) is 0 Å². The molecule has 8 fully saturated rings. The number of allylic oxidation sites excluding steroid dienone is 3. The molecule has 3 unspecified atom stereocenters. The minimum Gasteiger partial charge on any atom is -0.479 e. The van der Waals surface area contributed by atoms with Gasteiger partial charge in [0, 0.05) is 5.57 Å². The van der Waals surface area contributed by atoms with E-state index in [1.165, 1.54) is 0 Å². The molecule has 0 spiro atoms. The van der Waals surface area contributed by atoms with Gasteiger partial charge in [0.25, 0.3) is 0 Å². The lowest BCUT2D eigenvalue weighted by Crippen LogP contribution is -2.70. The lowest BCUT2D eigenvalue weighted by molar-refractivity contribution is -0.398. The molecule has 5 aliphatic carbocycles. The third-order valence-corrected chi connectivity index (χ3v) is 21.7. The lowest BCUT2D eigenvalue weighted by atomic mass is 9.33. The Morgan fingerprint density at radius 3 is 1.94 bits per heavy atom. The average Bonchev–Trinajstić information content (AvgIpc) is 0.800. The van der Waals surface area contributed by atoms with Crippen molar-refractivity contribution in [3.05, 3.63) is 23.3 Å². The van der Waals surface area contributed by atoms with Crippen molar-refractivity contribution in [2.75, 3.05) is 26.4 Å². The van der Waals surface area contributed by atoms with Crippen LogP contribution in [-0.2, 0) is 57.0 Å². The summed E-state index contributed by atoms with van der Waals surface area (Å²) in [6, 6.07) is 0. The zero-order valence-corrected chi connectivity index (χ0v) is 47.8. The molecule has 29 atom stereocenters. The number of aliphatic hydroxyl groups is 12. The first-order chi connectivity index (χ1) is 38.4. The predicted molar refractivity (Wildman–Crippen MR) is 278 cm³/mol. The number of hydrogen-bond acceptors (Lipinski definition) is 24. The van der Waals surface area contributed by atoms with Gasteiger partial charge in [-0.3, -0.25) is 0 Å². The largest absolute Gasteiger partial charge is 0.479 e. The van der Waals surface area contributed by atoms with Crippen LogP contribution in [0.3, 0.4) is 0 Å². The van der Waals surface area contributed by atoms with Gasteiger partial charge < -0.3 is 114 Å². The second-order valence-corrected chi connectivity index (χ2v) is 26.7. The third-order valence-electron chi connectivity index (χ3n) is 21.7. The average molecular weight is 1170 g/mol. The number of carbonyl (C=O) groups excluding carboxylic acids is 2. The molecule has 9 rings (SSSR count). The van der Waals surface area contributed by atoms with Crippen LogP contribution in [0, 0.1) is 50.2 Å². The second-order valence-electron chi connectivity index (χ2n) is 26.7. The Bertz CT molecular complexity index is 2390. The van der Waals surface area contributed by atoms with Crippen LogP contribution in [0.4, 0.5) is 0 Å². The summed E-state index contributed by atoms with van der Waals surface area (Å²) in [6.07, 6.45) is -28.9. The van der Waals surface area contributed by atoms with Crippen molar-refractivity contribution in [3.8, 4) is 0 Å². The fraction of sp³-hybridized carbons (Fsp3) is 0.877. The van der Waals surface area contributed by atoms with E-state index in [1.807, 2.05) is 0 Å². The Morgan fingerprint density at radius 1 is 0.671 bits per heavy atom. The van der Waals surface area contributed by atoms with E-state index in [0.29, 0.717) is 44.1 Å². The molecule has 0 aromatic carbocycles. The van der Waals surface area contributed by atoms with E-state index < -0.39 is 200 Å². The van der Waals surface area contributed by atoms with Gasteiger partial charge in [-0.15, -0.1) is 0 Å². The third kappa shape index (κ3) is 10.4. The summed E-state index contributed by atoms with van der Waals surface area (Å²) >= 11 is 0. The molecule has 0 bridgehead atoms. The molecule has 13 N–H and O–H groups in total. The second kappa shape index (κ2) is 23.4. The van der Waals surface area contributed by atoms with E-state index in [-0.39, 0.29) is 30.1 Å². The fourth-order valence-corrected chi connectivity index (χ4v) is 16.7. The Kier molecular flexibility index (Phi) is 18.2. The first-order valence-corrected chi connectivity index (χ1v) is 28.8. The highest BCUT2D eigenvalue weighted by Crippen LogP contribution is 2.76. The zero-order chi connectivity index (χ0) is 60.1. The molecule has 0 radical (unpaired) electrons. The normalized spacial score (nSPS) is 52.2. The van der Waals surface area contributed by atoms with Gasteiger partial charge in [-0.2, -0.15) is 0 Å². The topological polar surface area (TPSA) is 397 Å². The van der Waals surface area contributed by atoms with E-state index in [0.717, 1.165) is 11.9 Å². The van der Waals surface area contributed by atoms with Gasteiger partial charge in [0.2, 0.25) is 0 Å². The molecular formula is C57H88O25. The van der Waals surface area contributed by atoms with Crippen molar-refractivity contribution in [3.63, 3.8) is 0 Å². The van der Waals surface area contributed by atoms with E-state index in [2.05, 4.69) is 40.7 Å². The molecular weight excluding hydrogens is 1080 g/mol. The molecule has 466 valence electrons. The molecule has 4 saturated carbocycles. The summed E-state index contributed by atoms with van der Waals surface area (Å²) in [7, 11) is 0. The predicted octanol–water partition coefficient (Wildman–Crippen LogP) is -1.55. The van der Waals surface area contributed by atoms with Crippen molar-refractivity contribution in [2.24, 2.45) is 50.2 Å². The van der Waals surface area contributed by atoms with Gasteiger partial charge in [-0.25, -0.2) is 9.59 Å². The highest BCUT2D eigenvalue weighted by Gasteiger charge is 2.73. The smallest absolute Gasteiger partial charge is 0.335 e. The molecule has 0 amide bonds. The van der Waals surface area contributed by atoms with Crippen LogP contribution in [0.1, 0.15) is 107 Å². The van der Waals surface area contributed by atoms with E-state index in [1.54, 1.807) is 26.8 Å². The van der Waals surface area contributed by atoms with Crippen LogP contribution in [0.25, 0.3) is 0 Å². The lowest BCUT2D eigenvalue weighted by Gasteiger charge is -2.72. The Morgan fingerprint density at radius 2 is 1.30 bits per heavy atom. The van der Waals surface area contributed by atoms with Crippen molar-refractivity contribution in [2.45, 2.75) is 236 Å². The number of aldehydes is 1. The number of rotatable bonds is 14. The van der Waals surface area contributed by atoms with Crippen LogP contribution in [0.5, 0.6) is 0 Å². The Labute approximate surface area is 476 Å². The van der Waals surface area contributed by atoms with E-state index >= 15 is 0 Å².